The molecule has 1 aromatic rings. The summed E-state index contributed by atoms with van der Waals surface area (Å²) in [5.41, 5.74) is 0.145. The Balaban J connectivity index is 2.33. The van der Waals surface area contributed by atoms with Crippen molar-refractivity contribution in [3.05, 3.63) is 29.6 Å². The molecule has 1 aromatic heterocycles. The minimum Gasteiger partial charge on any atom is -0.297 e. The van der Waals surface area contributed by atoms with Gasteiger partial charge >= 0.3 is 0 Å². The zero-order valence-electron chi connectivity index (χ0n) is 9.20. The van der Waals surface area contributed by atoms with Gasteiger partial charge in [-0.25, -0.2) is 4.39 Å². The van der Waals surface area contributed by atoms with Crippen LogP contribution in [0.1, 0.15) is 12.8 Å². The van der Waals surface area contributed by atoms with Crippen LogP contribution in [0.25, 0.3) is 0 Å². The third-order valence-electron chi connectivity index (χ3n) is 3.01. The zero-order chi connectivity index (χ0) is 11.7. The summed E-state index contributed by atoms with van der Waals surface area (Å²) in [5, 5.41) is 15.7. The van der Waals surface area contributed by atoms with Crippen LogP contribution < -0.4 is 5.49 Å². The van der Waals surface area contributed by atoms with Crippen LogP contribution in [-0.2, 0) is 0 Å². The van der Waals surface area contributed by atoms with Crippen LogP contribution in [0.3, 0.4) is 0 Å². The van der Waals surface area contributed by atoms with E-state index in [2.05, 4.69) is 4.90 Å². The minimum atomic E-state index is -0.415. The van der Waals surface area contributed by atoms with E-state index in [1.165, 1.54) is 22.9 Å². The van der Waals surface area contributed by atoms with E-state index < -0.39 is 5.82 Å². The van der Waals surface area contributed by atoms with Gasteiger partial charge in [0.05, 0.1) is 6.04 Å². The zero-order valence-corrected chi connectivity index (χ0v) is 9.20. The fourth-order valence-electron chi connectivity index (χ4n) is 2.09. The van der Waals surface area contributed by atoms with Gasteiger partial charge in [-0.2, -0.15) is 0 Å². The molecule has 0 spiro atoms. The Hall–Kier alpha value is -1.49. The van der Waals surface area contributed by atoms with E-state index in [0.29, 0.717) is 0 Å². The summed E-state index contributed by atoms with van der Waals surface area (Å²) in [7, 11) is 1.95. The van der Waals surface area contributed by atoms with Crippen LogP contribution >= 0.6 is 0 Å². The molecule has 4 nitrogen and oxygen atoms in total. The summed E-state index contributed by atoms with van der Waals surface area (Å²) in [6.45, 7) is 0.955. The van der Waals surface area contributed by atoms with E-state index in [-0.39, 0.29) is 17.4 Å². The quantitative estimate of drug-likeness (QED) is 0.541. The van der Waals surface area contributed by atoms with Gasteiger partial charge in [-0.3, -0.25) is 20.3 Å². The molecule has 0 amide bonds. The smallest absolute Gasteiger partial charge is 0.140 e. The average Bonchev–Trinajstić information content (AvgIpc) is 2.67. The summed E-state index contributed by atoms with van der Waals surface area (Å²) in [5.74, 6) is -0.133. The lowest BCUT2D eigenvalue weighted by Crippen LogP contribution is -2.40. The highest BCUT2D eigenvalue weighted by molar-refractivity contribution is 5.86. The molecular formula is C11H15FN4. The van der Waals surface area contributed by atoms with E-state index in [1.807, 2.05) is 7.05 Å². The van der Waals surface area contributed by atoms with Gasteiger partial charge in [0.2, 0.25) is 0 Å². The van der Waals surface area contributed by atoms with Crippen LogP contribution in [0.5, 0.6) is 0 Å². The Morgan fingerprint density at radius 3 is 2.88 bits per heavy atom. The molecule has 0 aliphatic carbocycles. The third kappa shape index (κ3) is 1.90. The molecule has 86 valence electrons. The highest BCUT2D eigenvalue weighted by Gasteiger charge is 2.26. The summed E-state index contributed by atoms with van der Waals surface area (Å²) in [4.78, 5) is 2.07. The van der Waals surface area contributed by atoms with Gasteiger partial charge in [0.1, 0.15) is 17.1 Å². The first-order chi connectivity index (χ1) is 7.59. The van der Waals surface area contributed by atoms with Gasteiger partial charge in [0.25, 0.3) is 0 Å². The van der Waals surface area contributed by atoms with Gasteiger partial charge in [-0.05, 0) is 38.6 Å². The molecule has 1 aliphatic heterocycles. The Morgan fingerprint density at radius 1 is 1.50 bits per heavy atom. The molecule has 0 radical (unpaired) electrons. The third-order valence-corrected chi connectivity index (χ3v) is 3.01. The van der Waals surface area contributed by atoms with Crippen molar-refractivity contribution in [1.29, 1.82) is 10.8 Å². The molecule has 1 saturated heterocycles. The fourth-order valence-corrected chi connectivity index (χ4v) is 2.09. The van der Waals surface area contributed by atoms with E-state index in [0.717, 1.165) is 19.4 Å². The lowest BCUT2D eigenvalue weighted by molar-refractivity contribution is 0.366. The molecule has 16 heavy (non-hydrogen) atoms. The number of nitrogens with one attached hydrogen (secondary N) is 2. The SMILES string of the molecule is CN1CCCC1C(=N)n1cc(F)ccc1=N. The molecule has 5 heteroatoms. The Kier molecular flexibility index (Phi) is 2.87. The van der Waals surface area contributed by atoms with Crippen molar-refractivity contribution in [3.63, 3.8) is 0 Å². The maximum Gasteiger partial charge on any atom is 0.140 e. The van der Waals surface area contributed by atoms with Crippen molar-refractivity contribution in [1.82, 2.24) is 9.47 Å². The topological polar surface area (TPSA) is 55.9 Å². The predicted octanol–water partition coefficient (Wildman–Crippen LogP) is 1.03. The van der Waals surface area contributed by atoms with Gasteiger partial charge in [-0.1, -0.05) is 0 Å². The van der Waals surface area contributed by atoms with Crippen molar-refractivity contribution < 1.29 is 4.39 Å². The number of likely N-dealkylation sites (tertiary alicyclic amines) is 1. The lowest BCUT2D eigenvalue weighted by atomic mass is 10.2. The lowest BCUT2D eigenvalue weighted by Gasteiger charge is -2.21. The van der Waals surface area contributed by atoms with Crippen LogP contribution in [-0.4, -0.2) is 34.9 Å². The standard InChI is InChI=1S/C11H15FN4/c1-15-6-2-3-9(15)11(14)16-7-8(12)4-5-10(16)13/h4-5,7,9,13-14H,2-3,6H2,1H3. The summed E-state index contributed by atoms with van der Waals surface area (Å²) in [6, 6.07) is 2.61. The molecule has 2 rings (SSSR count). The predicted molar refractivity (Wildman–Crippen MR) is 59.0 cm³/mol. The number of rotatable bonds is 1. The second kappa shape index (κ2) is 4.17. The van der Waals surface area contributed by atoms with Crippen molar-refractivity contribution >= 4 is 5.84 Å². The first-order valence-corrected chi connectivity index (χ1v) is 5.31. The van der Waals surface area contributed by atoms with E-state index >= 15 is 0 Å². The molecule has 0 bridgehead atoms. The second-order valence-electron chi connectivity index (χ2n) is 4.13. The van der Waals surface area contributed by atoms with Crippen LogP contribution in [0, 0.1) is 16.6 Å². The van der Waals surface area contributed by atoms with Crippen molar-refractivity contribution in [2.24, 2.45) is 0 Å². The highest BCUT2D eigenvalue weighted by atomic mass is 19.1. The molecule has 1 unspecified atom stereocenters. The molecule has 1 aliphatic rings. The Morgan fingerprint density at radius 2 is 2.25 bits per heavy atom. The monoisotopic (exact) mass is 222 g/mol. The van der Waals surface area contributed by atoms with E-state index in [1.54, 1.807) is 0 Å². The Bertz CT molecular complexity index is 465. The number of pyridine rings is 1. The van der Waals surface area contributed by atoms with Gasteiger partial charge < -0.3 is 0 Å². The summed E-state index contributed by atoms with van der Waals surface area (Å²) >= 11 is 0. The number of hydrogen-bond acceptors (Lipinski definition) is 3. The number of nitrogens with zero attached hydrogens (tertiary/aromatic N) is 2. The summed E-state index contributed by atoms with van der Waals surface area (Å²) < 4.78 is 14.4. The normalized spacial score (nSPS) is 21.2. The summed E-state index contributed by atoms with van der Waals surface area (Å²) in [6.07, 6.45) is 3.15. The average molecular weight is 222 g/mol. The molecule has 1 fully saturated rings. The van der Waals surface area contributed by atoms with Crippen LogP contribution in [0.15, 0.2) is 18.3 Å². The van der Waals surface area contributed by atoms with Gasteiger partial charge in [0, 0.05) is 6.20 Å². The fraction of sp³-hybridized carbons (Fsp3) is 0.455. The number of halogens is 1. The highest BCUT2D eigenvalue weighted by Crippen LogP contribution is 2.15. The number of hydrogen-bond donors (Lipinski definition) is 2. The minimum absolute atomic E-state index is 0.00380. The van der Waals surface area contributed by atoms with Gasteiger partial charge in [-0.15, -0.1) is 0 Å². The first kappa shape index (κ1) is 11.0. The Labute approximate surface area is 93.3 Å². The molecule has 1 atom stereocenters. The number of likely N-dealkylation sites (N-methyl/N-ethyl adjacent to an activating group) is 1. The van der Waals surface area contributed by atoms with E-state index in [9.17, 15) is 4.39 Å². The first-order valence-electron chi connectivity index (χ1n) is 5.31. The van der Waals surface area contributed by atoms with Crippen molar-refractivity contribution in [3.8, 4) is 0 Å². The van der Waals surface area contributed by atoms with Crippen molar-refractivity contribution in [2.75, 3.05) is 13.6 Å². The largest absolute Gasteiger partial charge is 0.297 e. The molecule has 0 aromatic carbocycles. The molecule has 2 heterocycles. The molecular weight excluding hydrogens is 207 g/mol. The molecule has 0 saturated carbocycles. The van der Waals surface area contributed by atoms with Gasteiger partial charge in [0.15, 0.2) is 0 Å². The van der Waals surface area contributed by atoms with Crippen LogP contribution in [0.2, 0.25) is 0 Å². The van der Waals surface area contributed by atoms with Crippen LogP contribution in [0.4, 0.5) is 4.39 Å². The molecule has 2 N–H and O–H groups in total. The second-order valence-corrected chi connectivity index (χ2v) is 4.13. The van der Waals surface area contributed by atoms with Crippen molar-refractivity contribution in [2.45, 2.75) is 18.9 Å². The van der Waals surface area contributed by atoms with E-state index in [4.69, 9.17) is 10.8 Å². The number of aromatic nitrogens is 1. The maximum atomic E-state index is 13.1. The maximum absolute atomic E-state index is 13.1.